The van der Waals surface area contributed by atoms with Crippen molar-refractivity contribution in [2.24, 2.45) is 0 Å². The number of ether oxygens (including phenoxy) is 2. The molecule has 0 aliphatic carbocycles. The van der Waals surface area contributed by atoms with Gasteiger partial charge in [0.15, 0.2) is 6.61 Å². The summed E-state index contributed by atoms with van der Waals surface area (Å²) in [5.41, 5.74) is 1.15. The van der Waals surface area contributed by atoms with Crippen LogP contribution in [-0.4, -0.2) is 30.5 Å². The molecule has 0 bridgehead atoms. The zero-order chi connectivity index (χ0) is 19.3. The minimum atomic E-state index is -0.938. The number of carbonyl (C=O) groups excluding carboxylic acids is 2. The van der Waals surface area contributed by atoms with Gasteiger partial charge in [0.05, 0.1) is 17.7 Å². The van der Waals surface area contributed by atoms with Crippen molar-refractivity contribution in [1.29, 1.82) is 0 Å². The predicted molar refractivity (Wildman–Crippen MR) is 94.5 cm³/mol. The highest BCUT2D eigenvalue weighted by atomic mass is 16.6. The third-order valence-corrected chi connectivity index (χ3v) is 3.60. The van der Waals surface area contributed by atoms with Gasteiger partial charge in [-0.15, -0.1) is 0 Å². The molecule has 136 valence electrons. The van der Waals surface area contributed by atoms with Crippen molar-refractivity contribution in [2.45, 2.75) is 13.8 Å². The summed E-state index contributed by atoms with van der Waals surface area (Å²) in [5.74, 6) is -1.06. The summed E-state index contributed by atoms with van der Waals surface area (Å²) in [4.78, 5) is 34.6. The highest BCUT2D eigenvalue weighted by Crippen LogP contribution is 2.26. The SMILES string of the molecule is COc1ccc(C)cc1NC(=O)COC(=O)c1cccc(C)c1[N+](=O)[O-]. The second kappa shape index (κ2) is 8.11. The van der Waals surface area contributed by atoms with Gasteiger partial charge in [-0.25, -0.2) is 4.79 Å². The van der Waals surface area contributed by atoms with E-state index < -0.39 is 23.4 Å². The van der Waals surface area contributed by atoms with Crippen LogP contribution in [0.4, 0.5) is 11.4 Å². The van der Waals surface area contributed by atoms with Crippen LogP contribution in [0.2, 0.25) is 0 Å². The van der Waals surface area contributed by atoms with E-state index in [1.54, 1.807) is 12.1 Å². The van der Waals surface area contributed by atoms with Gasteiger partial charge in [0.1, 0.15) is 11.3 Å². The Morgan fingerprint density at radius 3 is 2.58 bits per heavy atom. The van der Waals surface area contributed by atoms with Crippen LogP contribution < -0.4 is 10.1 Å². The molecule has 0 aromatic heterocycles. The Morgan fingerprint density at radius 1 is 1.19 bits per heavy atom. The van der Waals surface area contributed by atoms with Gasteiger partial charge in [0, 0.05) is 5.56 Å². The summed E-state index contributed by atoms with van der Waals surface area (Å²) < 4.78 is 10.1. The molecule has 2 aromatic carbocycles. The smallest absolute Gasteiger partial charge is 0.345 e. The molecule has 0 heterocycles. The van der Waals surface area contributed by atoms with Gasteiger partial charge in [-0.05, 0) is 37.6 Å². The average Bonchev–Trinajstić information content (AvgIpc) is 2.59. The first kappa shape index (κ1) is 18.9. The number of nitro groups is 1. The van der Waals surface area contributed by atoms with Crippen molar-refractivity contribution in [3.8, 4) is 5.75 Å². The van der Waals surface area contributed by atoms with Crippen LogP contribution >= 0.6 is 0 Å². The number of hydrogen-bond donors (Lipinski definition) is 1. The molecule has 0 atom stereocenters. The van der Waals surface area contributed by atoms with Crippen LogP contribution in [0.25, 0.3) is 0 Å². The number of benzene rings is 2. The Hall–Kier alpha value is -3.42. The van der Waals surface area contributed by atoms with Crippen molar-refractivity contribution >= 4 is 23.3 Å². The molecule has 8 heteroatoms. The molecule has 0 aliphatic rings. The molecule has 0 spiro atoms. The van der Waals surface area contributed by atoms with Crippen LogP contribution in [-0.2, 0) is 9.53 Å². The monoisotopic (exact) mass is 358 g/mol. The number of methoxy groups -OCH3 is 1. The number of hydrogen-bond acceptors (Lipinski definition) is 6. The number of nitrogens with zero attached hydrogens (tertiary/aromatic N) is 1. The minimum absolute atomic E-state index is 0.198. The fraction of sp³-hybridized carbons (Fsp3) is 0.222. The summed E-state index contributed by atoms with van der Waals surface area (Å²) >= 11 is 0. The number of esters is 1. The van der Waals surface area contributed by atoms with Crippen molar-refractivity contribution < 1.29 is 24.0 Å². The van der Waals surface area contributed by atoms with Crippen molar-refractivity contribution in [1.82, 2.24) is 0 Å². The second-order valence-corrected chi connectivity index (χ2v) is 5.56. The lowest BCUT2D eigenvalue weighted by atomic mass is 10.1. The van der Waals surface area contributed by atoms with E-state index in [0.717, 1.165) is 5.56 Å². The summed E-state index contributed by atoms with van der Waals surface area (Å²) in [7, 11) is 1.47. The molecular formula is C18H18N2O6. The molecule has 1 N–H and O–H groups in total. The summed E-state index contributed by atoms with van der Waals surface area (Å²) in [5, 5.41) is 13.7. The predicted octanol–water partition coefficient (Wildman–Crippen LogP) is 3.02. The van der Waals surface area contributed by atoms with Crippen LogP contribution in [0.5, 0.6) is 5.75 Å². The summed E-state index contributed by atoms with van der Waals surface area (Å²) in [6.07, 6.45) is 0. The second-order valence-electron chi connectivity index (χ2n) is 5.56. The van der Waals surface area contributed by atoms with Crippen LogP contribution in [0, 0.1) is 24.0 Å². The molecule has 0 saturated heterocycles. The maximum Gasteiger partial charge on any atom is 0.345 e. The number of nitrogens with one attached hydrogen (secondary N) is 1. The number of aryl methyl sites for hydroxylation is 2. The van der Waals surface area contributed by atoms with Gasteiger partial charge in [0.2, 0.25) is 0 Å². The molecule has 8 nitrogen and oxygen atoms in total. The molecule has 1 amide bonds. The molecule has 26 heavy (non-hydrogen) atoms. The Morgan fingerprint density at radius 2 is 1.92 bits per heavy atom. The number of rotatable bonds is 6. The Labute approximate surface area is 149 Å². The summed E-state index contributed by atoms with van der Waals surface area (Å²) in [6, 6.07) is 9.56. The molecular weight excluding hydrogens is 340 g/mol. The largest absolute Gasteiger partial charge is 0.495 e. The quantitative estimate of drug-likeness (QED) is 0.483. The van der Waals surface area contributed by atoms with E-state index in [0.29, 0.717) is 17.0 Å². The molecule has 0 radical (unpaired) electrons. The molecule has 0 unspecified atom stereocenters. The Kier molecular flexibility index (Phi) is 5.90. The molecule has 2 rings (SSSR count). The van der Waals surface area contributed by atoms with Crippen molar-refractivity contribution in [3.63, 3.8) is 0 Å². The molecule has 0 saturated carbocycles. The highest BCUT2D eigenvalue weighted by molar-refractivity contribution is 5.98. The lowest BCUT2D eigenvalue weighted by Gasteiger charge is -2.11. The topological polar surface area (TPSA) is 108 Å². The number of anilines is 1. The Bertz CT molecular complexity index is 863. The standard InChI is InChI=1S/C18H18N2O6/c1-11-7-8-15(25-3)14(9-11)19-16(21)10-26-18(22)13-6-4-5-12(2)17(13)20(23)24/h4-9H,10H2,1-3H3,(H,19,21). The molecule has 0 fully saturated rings. The molecule has 0 aliphatic heterocycles. The van der Waals surface area contributed by atoms with Crippen molar-refractivity contribution in [3.05, 3.63) is 63.2 Å². The Balaban J connectivity index is 2.07. The normalized spacial score (nSPS) is 10.1. The first-order valence-electron chi connectivity index (χ1n) is 7.69. The van der Waals surface area contributed by atoms with Gasteiger partial charge in [-0.1, -0.05) is 18.2 Å². The lowest BCUT2D eigenvalue weighted by Crippen LogP contribution is -2.21. The number of nitro benzene ring substituents is 1. The fourth-order valence-electron chi connectivity index (χ4n) is 2.38. The number of para-hydroxylation sites is 1. The van der Waals surface area contributed by atoms with Gasteiger partial charge in [-0.3, -0.25) is 14.9 Å². The highest BCUT2D eigenvalue weighted by Gasteiger charge is 2.24. The number of carbonyl (C=O) groups is 2. The maximum atomic E-state index is 12.1. The van der Waals surface area contributed by atoms with E-state index in [4.69, 9.17) is 9.47 Å². The average molecular weight is 358 g/mol. The van der Waals surface area contributed by atoms with E-state index in [-0.39, 0.29) is 11.3 Å². The van der Waals surface area contributed by atoms with Crippen LogP contribution in [0.3, 0.4) is 0 Å². The van der Waals surface area contributed by atoms with E-state index in [1.165, 1.54) is 32.2 Å². The van der Waals surface area contributed by atoms with E-state index in [9.17, 15) is 19.7 Å². The first-order valence-corrected chi connectivity index (χ1v) is 7.69. The molecule has 2 aromatic rings. The lowest BCUT2D eigenvalue weighted by molar-refractivity contribution is -0.385. The first-order chi connectivity index (χ1) is 12.3. The maximum absolute atomic E-state index is 12.1. The van der Waals surface area contributed by atoms with Crippen molar-refractivity contribution in [2.75, 3.05) is 19.0 Å². The van der Waals surface area contributed by atoms with Gasteiger partial charge in [0.25, 0.3) is 11.6 Å². The van der Waals surface area contributed by atoms with E-state index in [2.05, 4.69) is 5.32 Å². The fourth-order valence-corrected chi connectivity index (χ4v) is 2.38. The van der Waals surface area contributed by atoms with Crippen LogP contribution in [0.15, 0.2) is 36.4 Å². The summed E-state index contributed by atoms with van der Waals surface area (Å²) in [6.45, 7) is 2.79. The zero-order valence-electron chi connectivity index (χ0n) is 14.6. The van der Waals surface area contributed by atoms with Gasteiger partial charge >= 0.3 is 5.97 Å². The van der Waals surface area contributed by atoms with Crippen LogP contribution in [0.1, 0.15) is 21.5 Å². The minimum Gasteiger partial charge on any atom is -0.495 e. The third-order valence-electron chi connectivity index (χ3n) is 3.60. The van der Waals surface area contributed by atoms with Gasteiger partial charge in [-0.2, -0.15) is 0 Å². The van der Waals surface area contributed by atoms with E-state index in [1.807, 2.05) is 13.0 Å². The zero-order valence-corrected chi connectivity index (χ0v) is 14.6. The number of amides is 1. The van der Waals surface area contributed by atoms with E-state index >= 15 is 0 Å². The van der Waals surface area contributed by atoms with Gasteiger partial charge < -0.3 is 14.8 Å². The third kappa shape index (κ3) is 4.35.